The smallest absolute Gasteiger partial charge is 0.138 e. The molecule has 1 aliphatic carbocycles. The molecule has 0 aliphatic heterocycles. The fourth-order valence-electron chi connectivity index (χ4n) is 2.77. The summed E-state index contributed by atoms with van der Waals surface area (Å²) in [6, 6.07) is 6.54. The Labute approximate surface area is 150 Å². The van der Waals surface area contributed by atoms with Gasteiger partial charge in [-0.1, -0.05) is 12.1 Å². The first-order chi connectivity index (χ1) is 12.3. The Balaban J connectivity index is 1.46. The van der Waals surface area contributed by atoms with Crippen LogP contribution < -0.4 is 5.32 Å². The lowest BCUT2D eigenvalue weighted by atomic mass is 10.1. The van der Waals surface area contributed by atoms with Crippen molar-refractivity contribution in [3.63, 3.8) is 0 Å². The molecule has 4 rings (SSSR count). The predicted molar refractivity (Wildman–Crippen MR) is 99.5 cm³/mol. The average molecular weight is 357 g/mol. The largest absolute Gasteiger partial charge is 0.381 e. The maximum atomic E-state index is 13.2. The van der Waals surface area contributed by atoms with Crippen LogP contribution in [0.1, 0.15) is 19.3 Å². The topological polar surface area (TPSA) is 47.0 Å². The normalized spacial score (nSPS) is 14.1. The minimum Gasteiger partial charge on any atom is -0.381 e. The summed E-state index contributed by atoms with van der Waals surface area (Å²) in [5, 5.41) is 6.45. The highest BCUT2D eigenvalue weighted by molar-refractivity contribution is 7.17. The van der Waals surface area contributed by atoms with Crippen molar-refractivity contribution in [3.05, 3.63) is 41.8 Å². The molecule has 1 aliphatic rings. The van der Waals surface area contributed by atoms with E-state index in [2.05, 4.69) is 20.7 Å². The van der Waals surface area contributed by atoms with Crippen molar-refractivity contribution >= 4 is 27.4 Å². The standard InChI is InChI=1S/C19H20FN3OS/c20-15-6-4-14(5-7-15)16-11-25-19-17(16)18(22-12-23-19)21-8-1-9-24-10-13-2-3-13/h4-7,11-13H,1-3,8-10H2,(H,21,22,23). The number of rotatable bonds is 8. The quantitative estimate of drug-likeness (QED) is 0.592. The summed E-state index contributed by atoms with van der Waals surface area (Å²) in [4.78, 5) is 9.70. The molecule has 0 amide bonds. The van der Waals surface area contributed by atoms with E-state index < -0.39 is 0 Å². The highest BCUT2D eigenvalue weighted by Gasteiger charge is 2.20. The summed E-state index contributed by atoms with van der Waals surface area (Å²) in [6.07, 6.45) is 5.16. The lowest BCUT2D eigenvalue weighted by Crippen LogP contribution is -2.08. The van der Waals surface area contributed by atoms with Gasteiger partial charge in [-0.2, -0.15) is 0 Å². The Morgan fingerprint density at radius 3 is 2.84 bits per heavy atom. The lowest BCUT2D eigenvalue weighted by molar-refractivity contribution is 0.124. The number of hydrogen-bond acceptors (Lipinski definition) is 5. The van der Waals surface area contributed by atoms with Gasteiger partial charge in [-0.3, -0.25) is 0 Å². The zero-order chi connectivity index (χ0) is 17.1. The van der Waals surface area contributed by atoms with Gasteiger partial charge in [-0.15, -0.1) is 11.3 Å². The van der Waals surface area contributed by atoms with Crippen molar-refractivity contribution in [1.29, 1.82) is 0 Å². The van der Waals surface area contributed by atoms with E-state index in [1.807, 2.05) is 0 Å². The molecule has 0 spiro atoms. The van der Waals surface area contributed by atoms with Crippen LogP contribution >= 0.6 is 11.3 Å². The van der Waals surface area contributed by atoms with Gasteiger partial charge in [0.1, 0.15) is 22.8 Å². The van der Waals surface area contributed by atoms with Crippen LogP contribution in [-0.4, -0.2) is 29.7 Å². The molecular weight excluding hydrogens is 337 g/mol. The average Bonchev–Trinajstić information content (AvgIpc) is 3.35. The lowest BCUT2D eigenvalue weighted by Gasteiger charge is -2.09. The first-order valence-electron chi connectivity index (χ1n) is 8.61. The van der Waals surface area contributed by atoms with E-state index in [0.29, 0.717) is 0 Å². The molecule has 0 radical (unpaired) electrons. The number of ether oxygens (including phenoxy) is 1. The molecule has 0 bridgehead atoms. The van der Waals surface area contributed by atoms with Gasteiger partial charge >= 0.3 is 0 Å². The maximum absolute atomic E-state index is 13.2. The molecule has 2 heterocycles. The van der Waals surface area contributed by atoms with Crippen molar-refractivity contribution in [2.75, 3.05) is 25.1 Å². The first kappa shape index (κ1) is 16.4. The maximum Gasteiger partial charge on any atom is 0.138 e. The minimum atomic E-state index is -0.232. The second-order valence-corrected chi connectivity index (χ2v) is 7.22. The SMILES string of the molecule is Fc1ccc(-c2csc3ncnc(NCCCOCC4CC4)c23)cc1. The third-order valence-corrected chi connectivity index (χ3v) is 5.22. The molecule has 25 heavy (non-hydrogen) atoms. The van der Waals surface area contributed by atoms with Crippen molar-refractivity contribution in [1.82, 2.24) is 9.97 Å². The monoisotopic (exact) mass is 357 g/mol. The van der Waals surface area contributed by atoms with Gasteiger partial charge in [0.05, 0.1) is 5.39 Å². The van der Waals surface area contributed by atoms with Crippen LogP contribution in [0.5, 0.6) is 0 Å². The summed E-state index contributed by atoms with van der Waals surface area (Å²) < 4.78 is 18.9. The zero-order valence-electron chi connectivity index (χ0n) is 13.9. The fraction of sp³-hybridized carbons (Fsp3) is 0.368. The molecule has 0 unspecified atom stereocenters. The highest BCUT2D eigenvalue weighted by Crippen LogP contribution is 2.36. The van der Waals surface area contributed by atoms with Crippen molar-refractivity contribution < 1.29 is 9.13 Å². The number of halogens is 1. The molecule has 1 N–H and O–H groups in total. The van der Waals surface area contributed by atoms with E-state index in [4.69, 9.17) is 4.74 Å². The van der Waals surface area contributed by atoms with Gasteiger partial charge in [0, 0.05) is 30.7 Å². The number of hydrogen-bond donors (Lipinski definition) is 1. The van der Waals surface area contributed by atoms with E-state index in [1.54, 1.807) is 29.8 Å². The predicted octanol–water partition coefficient (Wildman–Crippen LogP) is 4.73. The van der Waals surface area contributed by atoms with Crippen LogP contribution in [0.4, 0.5) is 10.2 Å². The van der Waals surface area contributed by atoms with Gasteiger partial charge in [0.25, 0.3) is 0 Å². The van der Waals surface area contributed by atoms with Gasteiger partial charge in [0.2, 0.25) is 0 Å². The second-order valence-electron chi connectivity index (χ2n) is 6.36. The number of anilines is 1. The van der Waals surface area contributed by atoms with E-state index >= 15 is 0 Å². The second kappa shape index (κ2) is 7.45. The van der Waals surface area contributed by atoms with Crippen molar-refractivity contribution in [2.45, 2.75) is 19.3 Å². The fourth-order valence-corrected chi connectivity index (χ4v) is 3.68. The first-order valence-corrected chi connectivity index (χ1v) is 9.49. The summed E-state index contributed by atoms with van der Waals surface area (Å²) in [5.41, 5.74) is 2.01. The third-order valence-electron chi connectivity index (χ3n) is 4.33. The van der Waals surface area contributed by atoms with E-state index in [9.17, 15) is 4.39 Å². The van der Waals surface area contributed by atoms with Crippen LogP contribution in [0.2, 0.25) is 0 Å². The summed E-state index contributed by atoms with van der Waals surface area (Å²) >= 11 is 1.58. The summed E-state index contributed by atoms with van der Waals surface area (Å²) in [7, 11) is 0. The van der Waals surface area contributed by atoms with Gasteiger partial charge < -0.3 is 10.1 Å². The van der Waals surface area contributed by atoms with Crippen molar-refractivity contribution in [3.8, 4) is 11.1 Å². The van der Waals surface area contributed by atoms with Crippen molar-refractivity contribution in [2.24, 2.45) is 5.92 Å². The van der Waals surface area contributed by atoms with Crippen LogP contribution in [0.15, 0.2) is 36.0 Å². The van der Waals surface area contributed by atoms with E-state index in [-0.39, 0.29) is 5.82 Å². The number of benzene rings is 1. The molecule has 2 aromatic heterocycles. The van der Waals surface area contributed by atoms with Crippen LogP contribution in [0, 0.1) is 11.7 Å². The Kier molecular flexibility index (Phi) is 4.90. The number of nitrogens with one attached hydrogen (secondary N) is 1. The molecule has 6 heteroatoms. The zero-order valence-corrected chi connectivity index (χ0v) is 14.7. The molecule has 1 fully saturated rings. The Morgan fingerprint density at radius 1 is 1.20 bits per heavy atom. The number of fused-ring (bicyclic) bond motifs is 1. The molecule has 130 valence electrons. The molecule has 0 atom stereocenters. The molecular formula is C19H20FN3OS. The Morgan fingerprint density at radius 2 is 2.04 bits per heavy atom. The molecule has 0 saturated heterocycles. The molecule has 1 aromatic carbocycles. The van der Waals surface area contributed by atoms with Crippen LogP contribution in [0.3, 0.4) is 0 Å². The van der Waals surface area contributed by atoms with Gasteiger partial charge in [0.15, 0.2) is 0 Å². The van der Waals surface area contributed by atoms with Gasteiger partial charge in [-0.05, 0) is 42.9 Å². The Bertz CT molecular complexity index is 846. The highest BCUT2D eigenvalue weighted by atomic mass is 32.1. The summed E-state index contributed by atoms with van der Waals surface area (Å²) in [5.74, 6) is 1.40. The molecule has 1 saturated carbocycles. The number of nitrogens with zero attached hydrogens (tertiary/aromatic N) is 2. The molecule has 4 nitrogen and oxygen atoms in total. The van der Waals surface area contributed by atoms with E-state index in [1.165, 1.54) is 25.0 Å². The van der Waals surface area contributed by atoms with Crippen LogP contribution in [0.25, 0.3) is 21.3 Å². The minimum absolute atomic E-state index is 0.232. The van der Waals surface area contributed by atoms with Crippen LogP contribution in [-0.2, 0) is 4.74 Å². The summed E-state index contributed by atoms with van der Waals surface area (Å²) in [6.45, 7) is 2.47. The van der Waals surface area contributed by atoms with Gasteiger partial charge in [-0.25, -0.2) is 14.4 Å². The third kappa shape index (κ3) is 3.96. The number of thiophene rings is 1. The Hall–Kier alpha value is -2.05. The molecule has 3 aromatic rings. The van der Waals surface area contributed by atoms with E-state index in [0.717, 1.165) is 59.3 Å². The number of aromatic nitrogens is 2.